The Balaban J connectivity index is 0.00000161. The fourth-order valence-corrected chi connectivity index (χ4v) is 2.57. The van der Waals surface area contributed by atoms with Crippen molar-refractivity contribution in [1.82, 2.24) is 10.6 Å². The van der Waals surface area contributed by atoms with Crippen molar-refractivity contribution < 1.29 is 14.4 Å². The van der Waals surface area contributed by atoms with Crippen molar-refractivity contribution in [2.45, 2.75) is 12.8 Å². The second-order valence-electron chi connectivity index (χ2n) is 5.08. The first kappa shape index (κ1) is 15.5. The van der Waals surface area contributed by atoms with Crippen molar-refractivity contribution in [3.63, 3.8) is 0 Å². The number of halogens is 1. The molecule has 0 radical (unpaired) electrons. The number of amides is 3. The van der Waals surface area contributed by atoms with E-state index in [0.29, 0.717) is 23.4 Å². The van der Waals surface area contributed by atoms with Gasteiger partial charge < -0.3 is 10.6 Å². The summed E-state index contributed by atoms with van der Waals surface area (Å²) < 4.78 is 0. The lowest BCUT2D eigenvalue weighted by Crippen LogP contribution is -2.37. The van der Waals surface area contributed by atoms with Crippen molar-refractivity contribution in [3.05, 3.63) is 29.3 Å². The van der Waals surface area contributed by atoms with Gasteiger partial charge in [0.1, 0.15) is 0 Å². The maximum Gasteiger partial charge on any atom is 0.259 e. The van der Waals surface area contributed by atoms with E-state index in [1.807, 2.05) is 0 Å². The van der Waals surface area contributed by atoms with Gasteiger partial charge in [-0.2, -0.15) is 0 Å². The van der Waals surface area contributed by atoms with Crippen LogP contribution in [0.2, 0.25) is 0 Å². The average Bonchev–Trinajstić information content (AvgIpc) is 2.75. The molecule has 0 aliphatic carbocycles. The second-order valence-corrected chi connectivity index (χ2v) is 5.08. The van der Waals surface area contributed by atoms with E-state index in [1.54, 1.807) is 18.2 Å². The van der Waals surface area contributed by atoms with Gasteiger partial charge in [0.15, 0.2) is 0 Å². The van der Waals surface area contributed by atoms with Gasteiger partial charge in [-0.05, 0) is 37.6 Å². The number of carbonyl (C=O) groups is 3. The summed E-state index contributed by atoms with van der Waals surface area (Å²) in [6.45, 7) is 1.63. The zero-order valence-electron chi connectivity index (χ0n) is 11.3. The predicted octanol–water partition coefficient (Wildman–Crippen LogP) is 0.930. The molecule has 0 spiro atoms. The maximum absolute atomic E-state index is 12.1. The SMILES string of the molecule is Cl.O=C1NC(=O)c2cc(NC(=O)C3CCCNC3)ccc21. The number of carbonyl (C=O) groups excluding carboxylic acids is 3. The van der Waals surface area contributed by atoms with Crippen LogP contribution in [0, 0.1) is 5.92 Å². The summed E-state index contributed by atoms with van der Waals surface area (Å²) in [5.41, 5.74) is 1.21. The Kier molecular flexibility index (Phi) is 4.59. The Hall–Kier alpha value is -1.92. The monoisotopic (exact) mass is 309 g/mol. The summed E-state index contributed by atoms with van der Waals surface area (Å²) in [5.74, 6) is -0.908. The van der Waals surface area contributed by atoms with Crippen LogP contribution in [0.1, 0.15) is 33.6 Å². The smallest absolute Gasteiger partial charge is 0.259 e. The molecule has 1 aromatic carbocycles. The summed E-state index contributed by atoms with van der Waals surface area (Å²) in [7, 11) is 0. The van der Waals surface area contributed by atoms with Crippen LogP contribution in [0.25, 0.3) is 0 Å². The third kappa shape index (κ3) is 3.06. The Bertz CT molecular complexity index is 597. The number of fused-ring (bicyclic) bond motifs is 1. The number of hydrogen-bond donors (Lipinski definition) is 3. The van der Waals surface area contributed by atoms with Crippen molar-refractivity contribution in [2.24, 2.45) is 5.92 Å². The lowest BCUT2D eigenvalue weighted by molar-refractivity contribution is -0.120. The molecule has 3 rings (SSSR count). The minimum absolute atomic E-state index is 0. The van der Waals surface area contributed by atoms with Crippen molar-refractivity contribution in [2.75, 3.05) is 18.4 Å². The third-order valence-corrected chi connectivity index (χ3v) is 3.67. The standard InChI is InChI=1S/C14H15N3O3.ClH/c18-12(8-2-1-5-15-7-8)16-9-3-4-10-11(6-9)14(20)17-13(10)19;/h3-4,6,8,15H,1-2,5,7H2,(H,16,18)(H,17,19,20);1H. The molecular formula is C14H16ClN3O3. The Morgan fingerprint density at radius 3 is 2.67 bits per heavy atom. The van der Waals surface area contributed by atoms with Crippen molar-refractivity contribution in [3.8, 4) is 0 Å². The van der Waals surface area contributed by atoms with Gasteiger partial charge in [-0.15, -0.1) is 12.4 Å². The van der Waals surface area contributed by atoms with E-state index in [9.17, 15) is 14.4 Å². The molecule has 2 aliphatic rings. The van der Waals surface area contributed by atoms with Gasteiger partial charge in [0.05, 0.1) is 17.0 Å². The largest absolute Gasteiger partial charge is 0.326 e. The molecule has 2 heterocycles. The third-order valence-electron chi connectivity index (χ3n) is 3.67. The van der Waals surface area contributed by atoms with Crippen LogP contribution in [0.3, 0.4) is 0 Å². The average molecular weight is 310 g/mol. The van der Waals surface area contributed by atoms with Crippen LogP contribution < -0.4 is 16.0 Å². The van der Waals surface area contributed by atoms with Gasteiger partial charge in [-0.1, -0.05) is 0 Å². The van der Waals surface area contributed by atoms with Gasteiger partial charge >= 0.3 is 0 Å². The molecule has 1 saturated heterocycles. The molecule has 21 heavy (non-hydrogen) atoms. The summed E-state index contributed by atoms with van der Waals surface area (Å²) in [6.07, 6.45) is 1.85. The normalized spacial score (nSPS) is 20.3. The summed E-state index contributed by atoms with van der Waals surface area (Å²) in [5, 5.41) is 8.22. The highest BCUT2D eigenvalue weighted by Crippen LogP contribution is 2.21. The number of piperidine rings is 1. The molecule has 2 aliphatic heterocycles. The van der Waals surface area contributed by atoms with Crippen molar-refractivity contribution >= 4 is 35.8 Å². The summed E-state index contributed by atoms with van der Waals surface area (Å²) in [6, 6.07) is 4.75. The summed E-state index contributed by atoms with van der Waals surface area (Å²) >= 11 is 0. The van der Waals surface area contributed by atoms with E-state index in [2.05, 4.69) is 16.0 Å². The second kappa shape index (κ2) is 6.24. The topological polar surface area (TPSA) is 87.3 Å². The van der Waals surface area contributed by atoms with E-state index >= 15 is 0 Å². The van der Waals surface area contributed by atoms with Crippen LogP contribution in [-0.2, 0) is 4.79 Å². The van der Waals surface area contributed by atoms with Gasteiger partial charge in [0.2, 0.25) is 5.91 Å². The van der Waals surface area contributed by atoms with E-state index < -0.39 is 5.91 Å². The molecule has 0 saturated carbocycles. The molecule has 7 heteroatoms. The molecule has 1 atom stereocenters. The maximum atomic E-state index is 12.1. The number of hydrogen-bond acceptors (Lipinski definition) is 4. The molecule has 3 amide bonds. The van der Waals surface area contributed by atoms with Gasteiger partial charge in [-0.3, -0.25) is 19.7 Å². The highest BCUT2D eigenvalue weighted by molar-refractivity contribution is 6.22. The Morgan fingerprint density at radius 2 is 1.95 bits per heavy atom. The van der Waals surface area contributed by atoms with Crippen LogP contribution in [-0.4, -0.2) is 30.8 Å². The predicted molar refractivity (Wildman–Crippen MR) is 79.7 cm³/mol. The quantitative estimate of drug-likeness (QED) is 0.709. The fourth-order valence-electron chi connectivity index (χ4n) is 2.57. The van der Waals surface area contributed by atoms with Gasteiger partial charge in [0, 0.05) is 12.2 Å². The minimum atomic E-state index is -0.416. The van der Waals surface area contributed by atoms with Crippen molar-refractivity contribution in [1.29, 1.82) is 0 Å². The first-order valence-corrected chi connectivity index (χ1v) is 6.66. The Morgan fingerprint density at radius 1 is 1.19 bits per heavy atom. The Labute approximate surface area is 128 Å². The minimum Gasteiger partial charge on any atom is -0.326 e. The zero-order valence-corrected chi connectivity index (χ0v) is 12.1. The van der Waals surface area contributed by atoms with Gasteiger partial charge in [-0.25, -0.2) is 0 Å². The number of anilines is 1. The van der Waals surface area contributed by atoms with Crippen LogP contribution in [0.5, 0.6) is 0 Å². The van der Waals surface area contributed by atoms with Crippen LogP contribution >= 0.6 is 12.4 Å². The van der Waals surface area contributed by atoms with E-state index in [-0.39, 0.29) is 30.1 Å². The van der Waals surface area contributed by atoms with Crippen LogP contribution in [0.15, 0.2) is 18.2 Å². The van der Waals surface area contributed by atoms with E-state index in [1.165, 1.54) is 0 Å². The van der Waals surface area contributed by atoms with Gasteiger partial charge in [0.25, 0.3) is 11.8 Å². The molecule has 1 unspecified atom stereocenters. The van der Waals surface area contributed by atoms with E-state index in [0.717, 1.165) is 19.4 Å². The number of rotatable bonds is 2. The first-order chi connectivity index (χ1) is 9.65. The number of nitrogens with one attached hydrogen (secondary N) is 3. The molecule has 0 aromatic heterocycles. The lowest BCUT2D eigenvalue weighted by atomic mass is 9.98. The molecule has 1 fully saturated rings. The molecule has 6 nitrogen and oxygen atoms in total. The van der Waals surface area contributed by atoms with E-state index in [4.69, 9.17) is 0 Å². The van der Waals surface area contributed by atoms with Crippen LogP contribution in [0.4, 0.5) is 5.69 Å². The highest BCUT2D eigenvalue weighted by Gasteiger charge is 2.27. The fraction of sp³-hybridized carbons (Fsp3) is 0.357. The first-order valence-electron chi connectivity index (χ1n) is 6.66. The molecule has 112 valence electrons. The molecular weight excluding hydrogens is 294 g/mol. The zero-order chi connectivity index (χ0) is 14.1. The summed E-state index contributed by atoms with van der Waals surface area (Å²) in [4.78, 5) is 35.1. The molecule has 1 aromatic rings. The molecule has 3 N–H and O–H groups in total. The lowest BCUT2D eigenvalue weighted by Gasteiger charge is -2.21. The number of benzene rings is 1. The highest BCUT2D eigenvalue weighted by atomic mass is 35.5. The molecule has 0 bridgehead atoms. The number of imide groups is 1.